The van der Waals surface area contributed by atoms with Crippen molar-refractivity contribution in [2.45, 2.75) is 18.9 Å². The molecule has 0 spiro atoms. The van der Waals surface area contributed by atoms with Gasteiger partial charge in [-0.25, -0.2) is 0 Å². The highest BCUT2D eigenvalue weighted by molar-refractivity contribution is 6.07. The van der Waals surface area contributed by atoms with Gasteiger partial charge in [0.05, 0.1) is 17.4 Å². The van der Waals surface area contributed by atoms with Gasteiger partial charge in [-0.15, -0.1) is 0 Å². The Morgan fingerprint density at radius 3 is 2.72 bits per heavy atom. The van der Waals surface area contributed by atoms with Crippen LogP contribution < -0.4 is 15.4 Å². The summed E-state index contributed by atoms with van der Waals surface area (Å²) < 4.78 is 5.96. The van der Waals surface area contributed by atoms with Crippen LogP contribution in [0.3, 0.4) is 0 Å². The Kier molecular flexibility index (Phi) is 5.25. The molecule has 0 bridgehead atoms. The maximum absolute atomic E-state index is 12.4. The number of carbonyl (C=O) groups is 2. The molecule has 1 atom stereocenters. The Hall–Kier alpha value is -2.93. The second-order valence-corrected chi connectivity index (χ2v) is 5.76. The molecule has 1 fully saturated rings. The summed E-state index contributed by atoms with van der Waals surface area (Å²) >= 11 is 0. The van der Waals surface area contributed by atoms with Gasteiger partial charge in [0, 0.05) is 25.3 Å². The maximum atomic E-state index is 12.4. The van der Waals surface area contributed by atoms with E-state index < -0.39 is 5.91 Å². The largest absolute Gasteiger partial charge is 0.618 e. The lowest BCUT2D eigenvalue weighted by Gasteiger charge is -2.13. The molecule has 130 valence electrons. The summed E-state index contributed by atoms with van der Waals surface area (Å²) in [4.78, 5) is 24.7. The van der Waals surface area contributed by atoms with Gasteiger partial charge in [0.1, 0.15) is 0 Å². The average Bonchev–Trinajstić information content (AvgIpc) is 3.14. The van der Waals surface area contributed by atoms with E-state index in [9.17, 15) is 14.8 Å². The topological polar surface area (TPSA) is 94.4 Å². The molecule has 2 aromatic rings. The number of ether oxygens (including phenoxy) is 1. The number of pyridine rings is 1. The molecule has 2 N–H and O–H groups in total. The predicted octanol–water partition coefficient (Wildman–Crippen LogP) is 1.48. The van der Waals surface area contributed by atoms with Gasteiger partial charge < -0.3 is 20.6 Å². The summed E-state index contributed by atoms with van der Waals surface area (Å²) in [6.45, 7) is 1.15. The van der Waals surface area contributed by atoms with Gasteiger partial charge in [-0.1, -0.05) is 12.1 Å². The first kappa shape index (κ1) is 16.9. The van der Waals surface area contributed by atoms with E-state index in [1.54, 1.807) is 30.3 Å². The zero-order chi connectivity index (χ0) is 17.6. The monoisotopic (exact) mass is 341 g/mol. The Balaban J connectivity index is 1.71. The Morgan fingerprint density at radius 1 is 1.16 bits per heavy atom. The lowest BCUT2D eigenvalue weighted by molar-refractivity contribution is -0.607. The highest BCUT2D eigenvalue weighted by atomic mass is 16.5. The normalized spacial score (nSPS) is 16.4. The molecule has 2 amide bonds. The van der Waals surface area contributed by atoms with Crippen molar-refractivity contribution in [3.05, 3.63) is 65.1 Å². The fraction of sp³-hybridized carbons (Fsp3) is 0.278. The van der Waals surface area contributed by atoms with Crippen LogP contribution in [0.2, 0.25) is 0 Å². The van der Waals surface area contributed by atoms with Crippen molar-refractivity contribution in [1.82, 2.24) is 5.32 Å². The summed E-state index contributed by atoms with van der Waals surface area (Å²) in [5.74, 6) is -0.871. The number of amides is 2. The third-order valence-corrected chi connectivity index (χ3v) is 3.99. The smallest absolute Gasteiger partial charge is 0.321 e. The second-order valence-electron chi connectivity index (χ2n) is 5.76. The lowest BCUT2D eigenvalue weighted by atomic mass is 10.1. The second kappa shape index (κ2) is 7.76. The van der Waals surface area contributed by atoms with Crippen molar-refractivity contribution in [2.75, 3.05) is 18.5 Å². The highest BCUT2D eigenvalue weighted by Gasteiger charge is 2.20. The van der Waals surface area contributed by atoms with Crippen LogP contribution in [0.1, 0.15) is 33.7 Å². The number of benzene rings is 1. The van der Waals surface area contributed by atoms with E-state index in [-0.39, 0.29) is 17.7 Å². The van der Waals surface area contributed by atoms with E-state index in [1.807, 2.05) is 0 Å². The van der Waals surface area contributed by atoms with E-state index in [0.717, 1.165) is 19.4 Å². The average molecular weight is 341 g/mol. The summed E-state index contributed by atoms with van der Waals surface area (Å²) in [5, 5.41) is 17.1. The van der Waals surface area contributed by atoms with Crippen LogP contribution in [-0.4, -0.2) is 31.1 Å². The number of para-hydroxylation sites is 1. The van der Waals surface area contributed by atoms with Crippen molar-refractivity contribution >= 4 is 17.5 Å². The molecule has 0 saturated carbocycles. The quantitative estimate of drug-likeness (QED) is 0.636. The minimum Gasteiger partial charge on any atom is -0.618 e. The van der Waals surface area contributed by atoms with E-state index >= 15 is 0 Å². The third-order valence-electron chi connectivity index (χ3n) is 3.99. The Morgan fingerprint density at radius 2 is 1.96 bits per heavy atom. The van der Waals surface area contributed by atoms with Crippen LogP contribution >= 0.6 is 0 Å². The summed E-state index contributed by atoms with van der Waals surface area (Å²) in [6.07, 6.45) is 3.21. The van der Waals surface area contributed by atoms with Gasteiger partial charge in [0.25, 0.3) is 11.6 Å². The molecular weight excluding hydrogens is 322 g/mol. The maximum Gasteiger partial charge on any atom is 0.321 e. The number of anilines is 1. The number of aromatic nitrogens is 1. The van der Waals surface area contributed by atoms with Gasteiger partial charge in [-0.2, -0.15) is 4.73 Å². The van der Waals surface area contributed by atoms with Crippen LogP contribution in [0.15, 0.2) is 48.7 Å². The number of nitrogens with one attached hydrogen (secondary N) is 2. The molecule has 1 aliphatic rings. The van der Waals surface area contributed by atoms with Gasteiger partial charge in [0.2, 0.25) is 0 Å². The first-order valence-corrected chi connectivity index (χ1v) is 8.13. The first-order valence-electron chi connectivity index (χ1n) is 8.13. The van der Waals surface area contributed by atoms with E-state index in [1.165, 1.54) is 18.3 Å². The summed E-state index contributed by atoms with van der Waals surface area (Å²) in [7, 11) is 0. The first-order chi connectivity index (χ1) is 12.1. The van der Waals surface area contributed by atoms with Gasteiger partial charge in [-0.05, 0) is 31.0 Å². The van der Waals surface area contributed by atoms with Crippen molar-refractivity contribution < 1.29 is 19.1 Å². The predicted molar refractivity (Wildman–Crippen MR) is 91.1 cm³/mol. The lowest BCUT2D eigenvalue weighted by Crippen LogP contribution is -2.36. The third kappa shape index (κ3) is 4.13. The molecule has 0 aliphatic carbocycles. The molecule has 2 heterocycles. The van der Waals surface area contributed by atoms with Crippen molar-refractivity contribution in [1.29, 1.82) is 0 Å². The fourth-order valence-electron chi connectivity index (χ4n) is 2.69. The van der Waals surface area contributed by atoms with Crippen molar-refractivity contribution in [3.63, 3.8) is 0 Å². The van der Waals surface area contributed by atoms with Crippen molar-refractivity contribution in [2.24, 2.45) is 0 Å². The molecule has 1 aliphatic heterocycles. The SMILES string of the molecule is O=C(NCC1CCCO1)c1ccccc1NC(=O)c1cccc[n+]1[O-]. The van der Waals surface area contributed by atoms with Crippen LogP contribution in [0.25, 0.3) is 0 Å². The Bertz CT molecular complexity index is 772. The molecule has 0 radical (unpaired) electrons. The fourth-order valence-corrected chi connectivity index (χ4v) is 2.69. The highest BCUT2D eigenvalue weighted by Crippen LogP contribution is 2.16. The zero-order valence-corrected chi connectivity index (χ0v) is 13.6. The number of hydrogen-bond acceptors (Lipinski definition) is 4. The number of rotatable bonds is 5. The summed E-state index contributed by atoms with van der Waals surface area (Å²) in [5.41, 5.74) is 0.639. The molecular formula is C18H19N3O4. The molecule has 1 aromatic carbocycles. The minimum atomic E-state index is -0.574. The van der Waals surface area contributed by atoms with Crippen molar-refractivity contribution in [3.8, 4) is 0 Å². The molecule has 7 heteroatoms. The number of nitrogens with zero attached hydrogens (tertiary/aromatic N) is 1. The van der Waals surface area contributed by atoms with Crippen LogP contribution in [0.5, 0.6) is 0 Å². The zero-order valence-electron chi connectivity index (χ0n) is 13.6. The standard InChI is InChI=1S/C18H19N3O4/c22-17(19-12-13-6-5-11-25-13)14-7-1-2-8-15(14)20-18(23)16-9-3-4-10-21(16)24/h1-4,7-10,13H,5-6,11-12H2,(H,19,22)(H,20,23). The number of carbonyl (C=O) groups excluding carboxylic acids is 2. The van der Waals surface area contributed by atoms with E-state index in [4.69, 9.17) is 4.74 Å². The minimum absolute atomic E-state index is 0.0365. The van der Waals surface area contributed by atoms with Gasteiger partial charge in [0.15, 0.2) is 6.20 Å². The molecule has 1 saturated heterocycles. The van der Waals surface area contributed by atoms with Crippen LogP contribution in [-0.2, 0) is 4.74 Å². The molecule has 1 aromatic heterocycles. The van der Waals surface area contributed by atoms with Gasteiger partial charge >= 0.3 is 5.91 Å². The molecule has 7 nitrogen and oxygen atoms in total. The molecule has 1 unspecified atom stereocenters. The van der Waals surface area contributed by atoms with E-state index in [2.05, 4.69) is 10.6 Å². The van der Waals surface area contributed by atoms with E-state index in [0.29, 0.717) is 22.5 Å². The number of hydrogen-bond donors (Lipinski definition) is 2. The summed E-state index contributed by atoms with van der Waals surface area (Å²) in [6, 6.07) is 11.2. The molecule has 3 rings (SSSR count). The van der Waals surface area contributed by atoms with Crippen LogP contribution in [0, 0.1) is 5.21 Å². The molecule has 25 heavy (non-hydrogen) atoms. The van der Waals surface area contributed by atoms with Gasteiger partial charge in [-0.3, -0.25) is 9.59 Å². The Labute approximate surface area is 145 Å². The van der Waals surface area contributed by atoms with Crippen LogP contribution in [0.4, 0.5) is 5.69 Å².